The highest BCUT2D eigenvalue weighted by Gasteiger charge is 2.00. The van der Waals surface area contributed by atoms with Gasteiger partial charge in [0.2, 0.25) is 0 Å². The molecule has 0 radical (unpaired) electrons. The lowest BCUT2D eigenvalue weighted by Gasteiger charge is -2.07. The number of rotatable bonds is 3. The fourth-order valence-electron chi connectivity index (χ4n) is 1.29. The van der Waals surface area contributed by atoms with E-state index in [1.807, 2.05) is 6.08 Å². The van der Waals surface area contributed by atoms with E-state index in [2.05, 4.69) is 54.6 Å². The molecule has 0 amide bonds. The minimum Gasteiger partial charge on any atom is -0.103 e. The van der Waals surface area contributed by atoms with Crippen LogP contribution in [0.25, 0.3) is 0 Å². The van der Waals surface area contributed by atoms with Crippen LogP contribution in [0.3, 0.4) is 0 Å². The van der Waals surface area contributed by atoms with Gasteiger partial charge >= 0.3 is 0 Å². The van der Waals surface area contributed by atoms with E-state index in [0.29, 0.717) is 5.92 Å². The van der Waals surface area contributed by atoms with Crippen LogP contribution in [0, 0.1) is 12.8 Å². The first kappa shape index (κ1) is 10.5. The highest BCUT2D eigenvalue weighted by molar-refractivity contribution is 9.10. The molecule has 0 bridgehead atoms. The molecule has 0 aliphatic heterocycles. The average Bonchev–Trinajstić information content (AvgIpc) is 2.11. The van der Waals surface area contributed by atoms with Crippen LogP contribution in [0.1, 0.15) is 18.1 Å². The number of hydrogen-bond acceptors (Lipinski definition) is 0. The molecular weight excluding hydrogens is 224 g/mol. The van der Waals surface area contributed by atoms with Crippen LogP contribution in [0.15, 0.2) is 35.3 Å². The Bertz CT molecular complexity index is 302. The normalized spacial score (nSPS) is 12.5. The van der Waals surface area contributed by atoms with Gasteiger partial charge in [0.15, 0.2) is 0 Å². The smallest absolute Gasteiger partial charge is 0.0204 e. The fourth-order valence-corrected chi connectivity index (χ4v) is 1.54. The van der Waals surface area contributed by atoms with Crippen molar-refractivity contribution in [2.45, 2.75) is 20.3 Å². The van der Waals surface area contributed by atoms with Gasteiger partial charge in [0.25, 0.3) is 0 Å². The molecule has 13 heavy (non-hydrogen) atoms. The van der Waals surface area contributed by atoms with Gasteiger partial charge in [-0.1, -0.05) is 41.1 Å². The zero-order valence-corrected chi connectivity index (χ0v) is 9.76. The third-order valence-corrected chi connectivity index (χ3v) is 3.07. The molecule has 0 heterocycles. The predicted molar refractivity (Wildman–Crippen MR) is 61.9 cm³/mol. The Morgan fingerprint density at radius 1 is 1.54 bits per heavy atom. The van der Waals surface area contributed by atoms with E-state index in [4.69, 9.17) is 0 Å². The lowest BCUT2D eigenvalue weighted by Crippen LogP contribution is -1.95. The molecule has 1 heteroatoms. The molecule has 0 spiro atoms. The molecule has 1 unspecified atom stereocenters. The van der Waals surface area contributed by atoms with Gasteiger partial charge in [-0.05, 0) is 36.5 Å². The molecule has 0 aliphatic rings. The predicted octanol–water partition coefficient (Wildman–Crippen LogP) is 4.12. The zero-order chi connectivity index (χ0) is 9.84. The van der Waals surface area contributed by atoms with Gasteiger partial charge in [0, 0.05) is 4.47 Å². The van der Waals surface area contributed by atoms with Gasteiger partial charge in [-0.25, -0.2) is 0 Å². The number of halogens is 1. The number of hydrogen-bond donors (Lipinski definition) is 0. The number of aryl methyl sites for hydroxylation is 1. The summed E-state index contributed by atoms with van der Waals surface area (Å²) >= 11 is 3.49. The van der Waals surface area contributed by atoms with E-state index in [1.165, 1.54) is 15.6 Å². The maximum absolute atomic E-state index is 3.79. The van der Waals surface area contributed by atoms with Gasteiger partial charge in [0.1, 0.15) is 0 Å². The monoisotopic (exact) mass is 238 g/mol. The molecule has 0 fully saturated rings. The third-order valence-electron chi connectivity index (χ3n) is 2.18. The molecule has 0 aliphatic carbocycles. The summed E-state index contributed by atoms with van der Waals surface area (Å²) in [7, 11) is 0. The Balaban J connectivity index is 2.79. The first-order chi connectivity index (χ1) is 6.13. The minimum absolute atomic E-state index is 0.556. The molecule has 0 nitrogen and oxygen atoms in total. The SMILES string of the molecule is C=CC(C)Cc1ccc(Br)c(C)c1. The second-order valence-electron chi connectivity index (χ2n) is 3.50. The Morgan fingerprint density at radius 3 is 2.77 bits per heavy atom. The van der Waals surface area contributed by atoms with Crippen molar-refractivity contribution in [1.29, 1.82) is 0 Å². The minimum atomic E-state index is 0.556. The highest BCUT2D eigenvalue weighted by Crippen LogP contribution is 2.19. The Labute approximate surface area is 88.8 Å². The molecule has 1 rings (SSSR count). The second-order valence-corrected chi connectivity index (χ2v) is 4.35. The van der Waals surface area contributed by atoms with Crippen LogP contribution < -0.4 is 0 Å². The first-order valence-corrected chi connectivity index (χ1v) is 5.30. The molecule has 0 saturated carbocycles. The maximum Gasteiger partial charge on any atom is 0.0204 e. The van der Waals surface area contributed by atoms with Crippen LogP contribution in [0.4, 0.5) is 0 Å². The van der Waals surface area contributed by atoms with Crippen molar-refractivity contribution in [2.75, 3.05) is 0 Å². The highest BCUT2D eigenvalue weighted by atomic mass is 79.9. The topological polar surface area (TPSA) is 0 Å². The number of allylic oxidation sites excluding steroid dienone is 1. The summed E-state index contributed by atoms with van der Waals surface area (Å²) < 4.78 is 1.18. The van der Waals surface area contributed by atoms with Crippen LogP contribution in [-0.2, 0) is 6.42 Å². The lowest BCUT2D eigenvalue weighted by molar-refractivity contribution is 0.725. The quantitative estimate of drug-likeness (QED) is 0.696. The van der Waals surface area contributed by atoms with Gasteiger partial charge < -0.3 is 0 Å². The summed E-state index contributed by atoms with van der Waals surface area (Å²) in [6, 6.07) is 6.50. The van der Waals surface area contributed by atoms with Gasteiger partial charge in [-0.15, -0.1) is 6.58 Å². The summed E-state index contributed by atoms with van der Waals surface area (Å²) in [5.74, 6) is 0.556. The Morgan fingerprint density at radius 2 is 2.23 bits per heavy atom. The van der Waals surface area contributed by atoms with Crippen LogP contribution in [0.5, 0.6) is 0 Å². The summed E-state index contributed by atoms with van der Waals surface area (Å²) in [4.78, 5) is 0. The van der Waals surface area contributed by atoms with Crippen molar-refractivity contribution in [3.05, 3.63) is 46.5 Å². The standard InChI is InChI=1S/C12H15Br/c1-4-9(2)7-11-5-6-12(13)10(3)8-11/h4-6,8-9H,1,7H2,2-3H3. The third kappa shape index (κ3) is 3.00. The molecule has 0 saturated heterocycles. The van der Waals surface area contributed by atoms with Crippen molar-refractivity contribution in [3.8, 4) is 0 Å². The molecule has 1 atom stereocenters. The Kier molecular flexibility index (Phi) is 3.73. The van der Waals surface area contributed by atoms with Crippen molar-refractivity contribution in [2.24, 2.45) is 5.92 Å². The van der Waals surface area contributed by atoms with Crippen molar-refractivity contribution in [3.63, 3.8) is 0 Å². The summed E-state index contributed by atoms with van der Waals surface area (Å²) in [5.41, 5.74) is 2.68. The lowest BCUT2D eigenvalue weighted by atomic mass is 10.0. The summed E-state index contributed by atoms with van der Waals surface area (Å²) in [6.07, 6.45) is 3.08. The van der Waals surface area contributed by atoms with Crippen LogP contribution in [-0.4, -0.2) is 0 Å². The van der Waals surface area contributed by atoms with Crippen LogP contribution in [0.2, 0.25) is 0 Å². The van der Waals surface area contributed by atoms with Gasteiger partial charge in [-0.2, -0.15) is 0 Å². The van der Waals surface area contributed by atoms with E-state index in [9.17, 15) is 0 Å². The largest absolute Gasteiger partial charge is 0.103 e. The second kappa shape index (κ2) is 4.61. The zero-order valence-electron chi connectivity index (χ0n) is 8.18. The first-order valence-electron chi connectivity index (χ1n) is 4.51. The average molecular weight is 239 g/mol. The van der Waals surface area contributed by atoms with Crippen molar-refractivity contribution >= 4 is 15.9 Å². The van der Waals surface area contributed by atoms with Crippen molar-refractivity contribution in [1.82, 2.24) is 0 Å². The molecular formula is C12H15Br. The number of benzene rings is 1. The van der Waals surface area contributed by atoms with Crippen LogP contribution >= 0.6 is 15.9 Å². The van der Waals surface area contributed by atoms with E-state index in [1.54, 1.807) is 0 Å². The maximum atomic E-state index is 3.79. The van der Waals surface area contributed by atoms with E-state index >= 15 is 0 Å². The molecule has 0 aromatic heterocycles. The molecule has 1 aromatic carbocycles. The molecule has 70 valence electrons. The summed E-state index contributed by atoms with van der Waals surface area (Å²) in [6.45, 7) is 8.09. The molecule has 1 aromatic rings. The Hall–Kier alpha value is -0.560. The summed E-state index contributed by atoms with van der Waals surface area (Å²) in [5, 5.41) is 0. The van der Waals surface area contributed by atoms with Crippen molar-refractivity contribution < 1.29 is 0 Å². The van der Waals surface area contributed by atoms with E-state index < -0.39 is 0 Å². The van der Waals surface area contributed by atoms with Gasteiger partial charge in [0.05, 0.1) is 0 Å². The fraction of sp³-hybridized carbons (Fsp3) is 0.333. The molecule has 0 N–H and O–H groups in total. The van der Waals surface area contributed by atoms with E-state index in [0.717, 1.165) is 6.42 Å². The van der Waals surface area contributed by atoms with Gasteiger partial charge in [-0.3, -0.25) is 0 Å². The van der Waals surface area contributed by atoms with E-state index in [-0.39, 0.29) is 0 Å².